The van der Waals surface area contributed by atoms with Gasteiger partial charge in [0, 0.05) is 25.7 Å². The van der Waals surface area contributed by atoms with Gasteiger partial charge in [-0.3, -0.25) is 0 Å². The van der Waals surface area contributed by atoms with Gasteiger partial charge >= 0.3 is 0 Å². The molecule has 1 aromatic heterocycles. The number of ether oxygens (including phenoxy) is 4. The van der Waals surface area contributed by atoms with Gasteiger partial charge in [0.25, 0.3) is 5.88 Å². The van der Waals surface area contributed by atoms with Crippen LogP contribution in [-0.2, 0) is 0 Å². The number of anilines is 1. The first-order valence-corrected chi connectivity index (χ1v) is 10.2. The lowest BCUT2D eigenvalue weighted by Gasteiger charge is -2.35. The van der Waals surface area contributed by atoms with Crippen molar-refractivity contribution in [1.29, 1.82) is 0 Å². The lowest BCUT2D eigenvalue weighted by Crippen LogP contribution is -2.50. The Kier molecular flexibility index (Phi) is 6.48. The predicted octanol–water partition coefficient (Wildman–Crippen LogP) is 3.04. The number of nitrogens with one attached hydrogen (secondary N) is 1. The third kappa shape index (κ3) is 4.40. The van der Waals surface area contributed by atoms with E-state index in [0.29, 0.717) is 42.4 Å². The Labute approximate surface area is 186 Å². The maximum absolute atomic E-state index is 6.06. The molecule has 164 valence electrons. The van der Waals surface area contributed by atoms with Crippen molar-refractivity contribution in [2.75, 3.05) is 44.5 Å². The van der Waals surface area contributed by atoms with Gasteiger partial charge in [-0.15, -0.1) is 12.4 Å². The first-order chi connectivity index (χ1) is 14.8. The van der Waals surface area contributed by atoms with Gasteiger partial charge in [-0.1, -0.05) is 18.2 Å². The number of para-hydroxylation sites is 3. The zero-order chi connectivity index (χ0) is 20.3. The topological polar surface area (TPSA) is 78.0 Å². The van der Waals surface area contributed by atoms with Crippen molar-refractivity contribution in [2.24, 2.45) is 0 Å². The fourth-order valence-corrected chi connectivity index (χ4v) is 3.72. The number of halogens is 1. The van der Waals surface area contributed by atoms with Crippen LogP contribution in [-0.4, -0.2) is 55.7 Å². The van der Waals surface area contributed by atoms with Crippen LogP contribution in [0.1, 0.15) is 6.92 Å². The lowest BCUT2D eigenvalue weighted by atomic mass is 10.2. The minimum Gasteiger partial charge on any atom is -0.486 e. The summed E-state index contributed by atoms with van der Waals surface area (Å²) >= 11 is 0. The summed E-state index contributed by atoms with van der Waals surface area (Å²) in [6, 6.07) is 13.7. The van der Waals surface area contributed by atoms with E-state index in [1.54, 1.807) is 0 Å². The van der Waals surface area contributed by atoms with E-state index in [-0.39, 0.29) is 19.2 Å². The normalized spacial score (nSPS) is 17.3. The SMILES string of the molecule is CC1CNCCN1c1nc2ccccc2nc1OCCOc1cccc2c1OCO2.Cl. The van der Waals surface area contributed by atoms with E-state index in [1.165, 1.54) is 0 Å². The van der Waals surface area contributed by atoms with Gasteiger partial charge < -0.3 is 29.2 Å². The molecule has 0 saturated carbocycles. The summed E-state index contributed by atoms with van der Waals surface area (Å²) < 4.78 is 22.8. The fourth-order valence-electron chi connectivity index (χ4n) is 3.72. The summed E-state index contributed by atoms with van der Waals surface area (Å²) in [4.78, 5) is 11.9. The molecule has 1 N–H and O–H groups in total. The minimum atomic E-state index is 0. The smallest absolute Gasteiger partial charge is 0.258 e. The van der Waals surface area contributed by atoms with Crippen LogP contribution in [0.15, 0.2) is 42.5 Å². The van der Waals surface area contributed by atoms with E-state index in [1.807, 2.05) is 42.5 Å². The Balaban J connectivity index is 0.00000231. The van der Waals surface area contributed by atoms with Crippen LogP contribution in [0.2, 0.25) is 0 Å². The maximum Gasteiger partial charge on any atom is 0.258 e. The number of aromatic nitrogens is 2. The van der Waals surface area contributed by atoms with Crippen molar-refractivity contribution in [3.05, 3.63) is 42.5 Å². The van der Waals surface area contributed by atoms with Crippen LogP contribution in [0, 0.1) is 0 Å². The molecular weight excluding hydrogens is 420 g/mol. The minimum absolute atomic E-state index is 0. The number of piperazine rings is 1. The maximum atomic E-state index is 6.06. The Bertz CT molecular complexity index is 1050. The van der Waals surface area contributed by atoms with Gasteiger partial charge in [0.2, 0.25) is 12.5 Å². The molecule has 5 rings (SSSR count). The van der Waals surface area contributed by atoms with Crippen LogP contribution in [0.3, 0.4) is 0 Å². The molecule has 0 radical (unpaired) electrons. The van der Waals surface area contributed by atoms with Gasteiger partial charge in [0.1, 0.15) is 13.2 Å². The summed E-state index contributed by atoms with van der Waals surface area (Å²) in [5.74, 6) is 3.29. The third-order valence-corrected chi connectivity index (χ3v) is 5.23. The Morgan fingerprint density at radius 3 is 2.68 bits per heavy atom. The molecule has 9 heteroatoms. The van der Waals surface area contributed by atoms with Gasteiger partial charge in [0.15, 0.2) is 17.3 Å². The van der Waals surface area contributed by atoms with Crippen molar-refractivity contribution < 1.29 is 18.9 Å². The molecule has 1 atom stereocenters. The molecular formula is C22H25ClN4O4. The zero-order valence-electron chi connectivity index (χ0n) is 17.2. The van der Waals surface area contributed by atoms with Crippen molar-refractivity contribution in [2.45, 2.75) is 13.0 Å². The summed E-state index contributed by atoms with van der Waals surface area (Å²) in [5.41, 5.74) is 1.67. The lowest BCUT2D eigenvalue weighted by molar-refractivity contribution is 0.166. The van der Waals surface area contributed by atoms with Crippen LogP contribution < -0.4 is 29.2 Å². The van der Waals surface area contributed by atoms with Gasteiger partial charge in [-0.05, 0) is 31.2 Å². The highest BCUT2D eigenvalue weighted by molar-refractivity contribution is 5.85. The second-order valence-corrected chi connectivity index (χ2v) is 7.27. The summed E-state index contributed by atoms with van der Waals surface area (Å²) in [7, 11) is 0. The molecule has 3 heterocycles. The highest BCUT2D eigenvalue weighted by Gasteiger charge is 2.24. The van der Waals surface area contributed by atoms with E-state index in [9.17, 15) is 0 Å². The van der Waals surface area contributed by atoms with Crippen molar-refractivity contribution in [3.63, 3.8) is 0 Å². The van der Waals surface area contributed by atoms with Crippen molar-refractivity contribution in [3.8, 4) is 23.1 Å². The molecule has 8 nitrogen and oxygen atoms in total. The highest BCUT2D eigenvalue weighted by atomic mass is 35.5. The highest BCUT2D eigenvalue weighted by Crippen LogP contribution is 2.40. The first-order valence-electron chi connectivity index (χ1n) is 10.2. The largest absolute Gasteiger partial charge is 0.486 e. The molecule has 0 spiro atoms. The molecule has 1 unspecified atom stereocenters. The molecule has 3 aromatic rings. The molecule has 2 aliphatic heterocycles. The Morgan fingerprint density at radius 1 is 1.03 bits per heavy atom. The van der Waals surface area contributed by atoms with E-state index >= 15 is 0 Å². The molecule has 0 amide bonds. The van der Waals surface area contributed by atoms with Crippen molar-refractivity contribution in [1.82, 2.24) is 15.3 Å². The second kappa shape index (κ2) is 9.45. The standard InChI is InChI=1S/C22H24N4O4.ClH/c1-15-13-23-9-10-26(15)21-22(25-17-6-3-2-5-16(17)24-21)28-12-11-27-18-7-4-8-19-20(18)30-14-29-19;/h2-8,15,23H,9-14H2,1H3;1H. The predicted molar refractivity (Wildman–Crippen MR) is 120 cm³/mol. The molecule has 2 aromatic carbocycles. The summed E-state index contributed by atoms with van der Waals surface area (Å²) in [5, 5.41) is 3.41. The second-order valence-electron chi connectivity index (χ2n) is 7.27. The monoisotopic (exact) mass is 444 g/mol. The quantitative estimate of drug-likeness (QED) is 0.581. The molecule has 31 heavy (non-hydrogen) atoms. The number of hydrogen-bond donors (Lipinski definition) is 1. The summed E-state index contributed by atoms with van der Waals surface area (Å²) in [6.45, 7) is 5.74. The van der Waals surface area contributed by atoms with Gasteiger partial charge in [-0.2, -0.15) is 0 Å². The Hall–Kier alpha value is -2.97. The van der Waals surface area contributed by atoms with E-state index < -0.39 is 0 Å². The van der Waals surface area contributed by atoms with E-state index in [2.05, 4.69) is 17.1 Å². The molecule has 1 saturated heterocycles. The van der Waals surface area contributed by atoms with Gasteiger partial charge in [0.05, 0.1) is 11.0 Å². The number of hydrogen-bond acceptors (Lipinski definition) is 8. The number of fused-ring (bicyclic) bond motifs is 2. The van der Waals surface area contributed by atoms with Crippen LogP contribution in [0.25, 0.3) is 11.0 Å². The number of rotatable bonds is 6. The summed E-state index contributed by atoms with van der Waals surface area (Å²) in [6.07, 6.45) is 0. The first kappa shape index (κ1) is 21.3. The molecule has 2 aliphatic rings. The van der Waals surface area contributed by atoms with Gasteiger partial charge in [-0.25, -0.2) is 9.97 Å². The van der Waals surface area contributed by atoms with Crippen molar-refractivity contribution >= 4 is 29.3 Å². The van der Waals surface area contributed by atoms with E-state index in [0.717, 1.165) is 36.5 Å². The molecule has 0 aliphatic carbocycles. The third-order valence-electron chi connectivity index (χ3n) is 5.23. The zero-order valence-corrected chi connectivity index (χ0v) is 18.1. The van der Waals surface area contributed by atoms with Crippen LogP contribution >= 0.6 is 12.4 Å². The Morgan fingerprint density at radius 2 is 1.84 bits per heavy atom. The van der Waals surface area contributed by atoms with Crippen LogP contribution in [0.5, 0.6) is 23.1 Å². The van der Waals surface area contributed by atoms with E-state index in [4.69, 9.17) is 28.9 Å². The average molecular weight is 445 g/mol. The molecule has 0 bridgehead atoms. The average Bonchev–Trinajstić information content (AvgIpc) is 3.26. The van der Waals surface area contributed by atoms with Crippen LogP contribution in [0.4, 0.5) is 5.82 Å². The fraction of sp³-hybridized carbons (Fsp3) is 0.364. The number of nitrogens with zero attached hydrogens (tertiary/aromatic N) is 3. The molecule has 1 fully saturated rings. The number of benzene rings is 2.